The van der Waals surface area contributed by atoms with Crippen molar-refractivity contribution in [2.75, 3.05) is 5.75 Å². The molecule has 0 saturated carbocycles. The summed E-state index contributed by atoms with van der Waals surface area (Å²) in [6.07, 6.45) is 0. The van der Waals surface area contributed by atoms with Crippen molar-refractivity contribution >= 4 is 28.4 Å². The number of benzene rings is 2. The van der Waals surface area contributed by atoms with Crippen LogP contribution in [0.2, 0.25) is 0 Å². The zero-order valence-electron chi connectivity index (χ0n) is 20.6. The largest absolute Gasteiger partial charge is 0.360 e. The van der Waals surface area contributed by atoms with Crippen molar-refractivity contribution in [3.63, 3.8) is 0 Å². The van der Waals surface area contributed by atoms with Crippen LogP contribution in [0.15, 0.2) is 75.1 Å². The summed E-state index contributed by atoms with van der Waals surface area (Å²) in [6, 6.07) is 19.1. The molecule has 5 aromatic rings. The number of para-hydroxylation sites is 1. The maximum absolute atomic E-state index is 13.4. The van der Waals surface area contributed by atoms with E-state index in [0.29, 0.717) is 39.7 Å². The first-order chi connectivity index (χ1) is 17.3. The molecule has 0 saturated heterocycles. The Morgan fingerprint density at radius 1 is 1.00 bits per heavy atom. The normalized spacial score (nSPS) is 11.3. The van der Waals surface area contributed by atoms with Crippen molar-refractivity contribution in [3.05, 3.63) is 105 Å². The summed E-state index contributed by atoms with van der Waals surface area (Å²) in [6.45, 7) is 8.08. The van der Waals surface area contributed by atoms with Crippen molar-refractivity contribution in [3.8, 4) is 5.82 Å². The van der Waals surface area contributed by atoms with E-state index in [1.54, 1.807) is 10.6 Å². The van der Waals surface area contributed by atoms with Crippen LogP contribution in [0, 0.1) is 27.7 Å². The van der Waals surface area contributed by atoms with Gasteiger partial charge in [-0.05, 0) is 51.5 Å². The van der Waals surface area contributed by atoms with Crippen molar-refractivity contribution < 1.29 is 9.32 Å². The number of aromatic nitrogens is 4. The Bertz CT molecular complexity index is 1640. The number of hydrogen-bond acceptors (Lipinski definition) is 6. The molecule has 5 rings (SSSR count). The molecular weight excluding hydrogens is 472 g/mol. The van der Waals surface area contributed by atoms with Crippen LogP contribution in [-0.4, -0.2) is 30.8 Å². The summed E-state index contributed by atoms with van der Waals surface area (Å²) in [5.74, 6) is 1.47. The van der Waals surface area contributed by atoms with Crippen LogP contribution in [0.4, 0.5) is 0 Å². The first kappa shape index (κ1) is 23.8. The highest BCUT2D eigenvalue weighted by Crippen LogP contribution is 2.25. The van der Waals surface area contributed by atoms with Gasteiger partial charge in [0.25, 0.3) is 5.56 Å². The number of fused-ring (bicyclic) bond motifs is 1. The zero-order chi connectivity index (χ0) is 25.4. The van der Waals surface area contributed by atoms with Gasteiger partial charge < -0.3 is 4.52 Å². The minimum atomic E-state index is -0.115. The van der Waals surface area contributed by atoms with Crippen LogP contribution in [-0.2, 0) is 6.54 Å². The zero-order valence-corrected chi connectivity index (χ0v) is 21.4. The van der Waals surface area contributed by atoms with E-state index >= 15 is 0 Å². The molecule has 0 aliphatic rings. The van der Waals surface area contributed by atoms with E-state index in [2.05, 4.69) is 5.16 Å². The topological polar surface area (TPSA) is 82.9 Å². The summed E-state index contributed by atoms with van der Waals surface area (Å²) in [7, 11) is 0. The summed E-state index contributed by atoms with van der Waals surface area (Å²) in [5.41, 5.74) is 4.98. The van der Waals surface area contributed by atoms with Gasteiger partial charge in [-0.25, -0.2) is 4.98 Å². The van der Waals surface area contributed by atoms with Gasteiger partial charge in [-0.3, -0.25) is 18.7 Å². The van der Waals surface area contributed by atoms with Gasteiger partial charge in [-0.2, -0.15) is 0 Å². The molecule has 0 N–H and O–H groups in total. The number of Topliss-reactive ketones (excluding diaryl/α,β-unsaturated/α-hetero) is 1. The number of ketones is 1. The summed E-state index contributed by atoms with van der Waals surface area (Å²) >= 11 is 1.28. The second-order valence-electron chi connectivity index (χ2n) is 8.92. The van der Waals surface area contributed by atoms with Crippen LogP contribution in [0.25, 0.3) is 16.7 Å². The molecule has 0 amide bonds. The Kier molecular flexibility index (Phi) is 6.36. The predicted octanol–water partition coefficient (Wildman–Crippen LogP) is 5.43. The van der Waals surface area contributed by atoms with E-state index in [0.717, 1.165) is 22.5 Å². The van der Waals surface area contributed by atoms with E-state index in [1.807, 2.05) is 86.9 Å². The van der Waals surface area contributed by atoms with Gasteiger partial charge in [0.05, 0.1) is 23.2 Å². The molecule has 3 heterocycles. The molecule has 0 atom stereocenters. The Morgan fingerprint density at radius 3 is 2.47 bits per heavy atom. The van der Waals surface area contributed by atoms with Gasteiger partial charge >= 0.3 is 0 Å². The maximum Gasteiger partial charge on any atom is 0.262 e. The third-order valence-electron chi connectivity index (χ3n) is 6.20. The number of aryl methyl sites for hydroxylation is 3. The van der Waals surface area contributed by atoms with Gasteiger partial charge in [0, 0.05) is 23.0 Å². The molecule has 0 radical (unpaired) electrons. The number of hydrogen-bond donors (Lipinski definition) is 0. The molecule has 2 aromatic carbocycles. The number of rotatable bonds is 7. The molecule has 182 valence electrons. The van der Waals surface area contributed by atoms with E-state index in [9.17, 15) is 9.59 Å². The van der Waals surface area contributed by atoms with Crippen LogP contribution in [0.5, 0.6) is 0 Å². The van der Waals surface area contributed by atoms with Crippen LogP contribution >= 0.6 is 11.8 Å². The number of carbonyl (C=O) groups excluding carboxylic acids is 1. The van der Waals surface area contributed by atoms with Crippen molar-refractivity contribution in [1.82, 2.24) is 19.3 Å². The fourth-order valence-corrected chi connectivity index (χ4v) is 5.22. The summed E-state index contributed by atoms with van der Waals surface area (Å²) in [5, 5.41) is 5.18. The lowest BCUT2D eigenvalue weighted by atomic mass is 10.1. The van der Waals surface area contributed by atoms with E-state index < -0.39 is 0 Å². The second kappa shape index (κ2) is 9.62. The molecule has 3 aromatic heterocycles. The highest BCUT2D eigenvalue weighted by Gasteiger charge is 2.20. The fourth-order valence-electron chi connectivity index (χ4n) is 4.34. The number of thioether (sulfide) groups is 1. The fraction of sp³-hybridized carbons (Fsp3) is 0.214. The van der Waals surface area contributed by atoms with Gasteiger partial charge in [0.1, 0.15) is 5.76 Å². The quantitative estimate of drug-likeness (QED) is 0.169. The van der Waals surface area contributed by atoms with Crippen molar-refractivity contribution in [2.45, 2.75) is 39.4 Å². The lowest BCUT2D eigenvalue weighted by Gasteiger charge is -2.13. The number of carbonyl (C=O) groups is 1. The molecular formula is C28H26N4O3S. The van der Waals surface area contributed by atoms with Crippen molar-refractivity contribution in [2.24, 2.45) is 0 Å². The van der Waals surface area contributed by atoms with Crippen LogP contribution in [0.1, 0.15) is 38.6 Å². The standard InChI is InChI=1S/C28H26N4O3S/c1-17-9-11-21(12-10-17)15-31-27(34)22-7-5-6-8-24(22)29-28(31)36-16-25(33)23-13-18(2)32(20(23)4)26-14-19(3)35-30-26/h5-14H,15-16H2,1-4H3. The average molecular weight is 499 g/mol. The lowest BCUT2D eigenvalue weighted by molar-refractivity contribution is 0.102. The smallest absolute Gasteiger partial charge is 0.262 e. The Balaban J connectivity index is 1.46. The van der Waals surface area contributed by atoms with Gasteiger partial charge in [-0.1, -0.05) is 58.9 Å². The molecule has 0 spiro atoms. The monoisotopic (exact) mass is 498 g/mol. The molecule has 36 heavy (non-hydrogen) atoms. The van der Waals surface area contributed by atoms with Gasteiger partial charge in [0.15, 0.2) is 16.8 Å². The molecule has 0 aliphatic heterocycles. The first-order valence-corrected chi connectivity index (χ1v) is 12.6. The first-order valence-electron chi connectivity index (χ1n) is 11.7. The van der Waals surface area contributed by atoms with Crippen LogP contribution in [0.3, 0.4) is 0 Å². The highest BCUT2D eigenvalue weighted by molar-refractivity contribution is 7.99. The SMILES string of the molecule is Cc1ccc(Cn2c(SCC(=O)c3cc(C)n(-c4cc(C)on4)c3C)nc3ccccc3c2=O)cc1. The van der Waals surface area contributed by atoms with E-state index in [-0.39, 0.29) is 17.1 Å². The molecule has 0 unspecified atom stereocenters. The number of nitrogens with zero attached hydrogens (tertiary/aromatic N) is 4. The lowest BCUT2D eigenvalue weighted by Crippen LogP contribution is -2.24. The molecule has 7 nitrogen and oxygen atoms in total. The third kappa shape index (κ3) is 4.52. The predicted molar refractivity (Wildman–Crippen MR) is 141 cm³/mol. The van der Waals surface area contributed by atoms with E-state index in [4.69, 9.17) is 9.51 Å². The molecule has 0 bridgehead atoms. The minimum Gasteiger partial charge on any atom is -0.360 e. The Labute approximate surface area is 212 Å². The van der Waals surface area contributed by atoms with Gasteiger partial charge in [-0.15, -0.1) is 0 Å². The summed E-state index contributed by atoms with van der Waals surface area (Å²) in [4.78, 5) is 31.5. The summed E-state index contributed by atoms with van der Waals surface area (Å²) < 4.78 is 8.79. The Morgan fingerprint density at radius 2 is 1.75 bits per heavy atom. The Hall–Kier alpha value is -3.91. The molecule has 0 fully saturated rings. The maximum atomic E-state index is 13.4. The third-order valence-corrected chi connectivity index (χ3v) is 7.17. The molecule has 0 aliphatic carbocycles. The minimum absolute atomic E-state index is 0.0381. The van der Waals surface area contributed by atoms with E-state index in [1.165, 1.54) is 11.8 Å². The average Bonchev–Trinajstić information content (AvgIpc) is 3.42. The van der Waals surface area contributed by atoms with Crippen LogP contribution < -0.4 is 5.56 Å². The van der Waals surface area contributed by atoms with Crippen molar-refractivity contribution in [1.29, 1.82) is 0 Å². The van der Waals surface area contributed by atoms with Gasteiger partial charge in [0.2, 0.25) is 0 Å². The highest BCUT2D eigenvalue weighted by atomic mass is 32.2. The second-order valence-corrected chi connectivity index (χ2v) is 9.86. The molecule has 8 heteroatoms.